The number of ether oxygens (including phenoxy) is 1. The van der Waals surface area contributed by atoms with Crippen molar-refractivity contribution in [3.05, 3.63) is 24.3 Å². The maximum absolute atomic E-state index is 12.7. The van der Waals surface area contributed by atoms with Gasteiger partial charge in [0.1, 0.15) is 5.75 Å². The molecule has 1 amide bonds. The predicted octanol–water partition coefficient (Wildman–Crippen LogP) is 2.12. The number of amides is 1. The first kappa shape index (κ1) is 18.7. The summed E-state index contributed by atoms with van der Waals surface area (Å²) in [6.07, 6.45) is 0. The van der Waals surface area contributed by atoms with Gasteiger partial charge in [-0.1, -0.05) is 18.7 Å². The van der Waals surface area contributed by atoms with E-state index < -0.39 is 0 Å². The predicted molar refractivity (Wildman–Crippen MR) is 102 cm³/mol. The van der Waals surface area contributed by atoms with Gasteiger partial charge in [-0.15, -0.1) is 5.10 Å². The van der Waals surface area contributed by atoms with Gasteiger partial charge in [0.15, 0.2) is 5.82 Å². The Balaban J connectivity index is 1.58. The van der Waals surface area contributed by atoms with Crippen LogP contribution in [0.1, 0.15) is 13.8 Å². The fraction of sp³-hybridized carbons (Fsp3) is 0.500. The summed E-state index contributed by atoms with van der Waals surface area (Å²) in [5.41, 5.74) is 0.930. The van der Waals surface area contributed by atoms with Crippen molar-refractivity contribution in [2.24, 2.45) is 0 Å². The van der Waals surface area contributed by atoms with Crippen LogP contribution in [0.4, 0.5) is 0 Å². The highest BCUT2D eigenvalue weighted by atomic mass is 32.2. The molecule has 0 aliphatic carbocycles. The Morgan fingerprint density at radius 2 is 1.96 bits per heavy atom. The standard InChI is InChI=1S/C18H25N5O2S/c1-4-22-9-11-23(12-10-22)17(24)13(2)26-18-19-16(20-21-18)14-5-7-15(25-3)8-6-14/h5-8,13H,4,9-12H2,1-3H3,(H,19,20,21)/t13-/m1/s1. The van der Waals surface area contributed by atoms with Crippen LogP contribution in [0.15, 0.2) is 29.4 Å². The fourth-order valence-electron chi connectivity index (χ4n) is 2.93. The van der Waals surface area contributed by atoms with Crippen molar-refractivity contribution >= 4 is 17.7 Å². The Hall–Kier alpha value is -2.06. The molecule has 0 unspecified atom stereocenters. The van der Waals surface area contributed by atoms with Crippen molar-refractivity contribution in [3.8, 4) is 17.1 Å². The first-order valence-corrected chi connectivity index (χ1v) is 9.73. The molecule has 2 heterocycles. The van der Waals surface area contributed by atoms with Gasteiger partial charge in [-0.3, -0.25) is 9.89 Å². The summed E-state index contributed by atoms with van der Waals surface area (Å²) in [4.78, 5) is 21.5. The number of nitrogens with one attached hydrogen (secondary N) is 1. The number of benzene rings is 1. The van der Waals surface area contributed by atoms with E-state index in [2.05, 4.69) is 27.0 Å². The van der Waals surface area contributed by atoms with Crippen molar-refractivity contribution in [1.29, 1.82) is 0 Å². The summed E-state index contributed by atoms with van der Waals surface area (Å²) in [6, 6.07) is 7.62. The summed E-state index contributed by atoms with van der Waals surface area (Å²) in [5.74, 6) is 1.64. The lowest BCUT2D eigenvalue weighted by Gasteiger charge is -2.35. The van der Waals surface area contributed by atoms with Crippen LogP contribution in [-0.2, 0) is 4.79 Å². The van der Waals surface area contributed by atoms with E-state index in [4.69, 9.17) is 4.74 Å². The fourth-order valence-corrected chi connectivity index (χ4v) is 3.74. The molecule has 2 aromatic rings. The summed E-state index contributed by atoms with van der Waals surface area (Å²) in [5, 5.41) is 7.57. The van der Waals surface area contributed by atoms with Crippen molar-refractivity contribution < 1.29 is 9.53 Å². The van der Waals surface area contributed by atoms with Gasteiger partial charge in [-0.25, -0.2) is 4.98 Å². The highest BCUT2D eigenvalue weighted by Crippen LogP contribution is 2.25. The Labute approximate surface area is 158 Å². The zero-order chi connectivity index (χ0) is 18.5. The molecule has 3 rings (SSSR count). The van der Waals surface area contributed by atoms with E-state index in [1.807, 2.05) is 36.1 Å². The molecule has 140 valence electrons. The van der Waals surface area contributed by atoms with Crippen LogP contribution >= 0.6 is 11.8 Å². The maximum atomic E-state index is 12.7. The van der Waals surface area contributed by atoms with Gasteiger partial charge in [0.25, 0.3) is 0 Å². The van der Waals surface area contributed by atoms with E-state index in [9.17, 15) is 4.79 Å². The number of carbonyl (C=O) groups is 1. The molecule has 7 nitrogen and oxygen atoms in total. The highest BCUT2D eigenvalue weighted by Gasteiger charge is 2.26. The Morgan fingerprint density at radius 1 is 1.27 bits per heavy atom. The molecule has 1 aromatic carbocycles. The van der Waals surface area contributed by atoms with Gasteiger partial charge in [-0.05, 0) is 37.7 Å². The Kier molecular flexibility index (Phi) is 6.16. The molecule has 8 heteroatoms. The molecule has 1 aromatic heterocycles. The second kappa shape index (κ2) is 8.55. The monoisotopic (exact) mass is 375 g/mol. The van der Waals surface area contributed by atoms with Gasteiger partial charge in [-0.2, -0.15) is 0 Å². The summed E-state index contributed by atoms with van der Waals surface area (Å²) in [6.45, 7) is 8.59. The number of thioether (sulfide) groups is 1. The van der Waals surface area contributed by atoms with E-state index in [1.54, 1.807) is 7.11 Å². The van der Waals surface area contributed by atoms with E-state index in [-0.39, 0.29) is 11.2 Å². The van der Waals surface area contributed by atoms with Crippen molar-refractivity contribution in [2.75, 3.05) is 39.8 Å². The number of rotatable bonds is 6. The number of H-pyrrole nitrogens is 1. The molecule has 1 atom stereocenters. The average Bonchev–Trinajstić information content (AvgIpc) is 3.16. The third-order valence-corrected chi connectivity index (χ3v) is 5.54. The third-order valence-electron chi connectivity index (χ3n) is 4.59. The minimum atomic E-state index is -0.206. The minimum Gasteiger partial charge on any atom is -0.497 e. The number of methoxy groups -OCH3 is 1. The molecule has 1 aliphatic heterocycles. The second-order valence-corrected chi connectivity index (χ2v) is 7.52. The van der Waals surface area contributed by atoms with Crippen LogP contribution in [0.25, 0.3) is 11.4 Å². The smallest absolute Gasteiger partial charge is 0.235 e. The van der Waals surface area contributed by atoms with Gasteiger partial charge in [0.2, 0.25) is 11.1 Å². The molecule has 26 heavy (non-hydrogen) atoms. The molecule has 0 spiro atoms. The number of aromatic nitrogens is 3. The highest BCUT2D eigenvalue weighted by molar-refractivity contribution is 8.00. The largest absolute Gasteiger partial charge is 0.497 e. The normalized spacial score (nSPS) is 16.5. The van der Waals surface area contributed by atoms with Crippen LogP contribution in [0.2, 0.25) is 0 Å². The first-order valence-electron chi connectivity index (χ1n) is 8.85. The molecule has 1 N–H and O–H groups in total. The number of nitrogens with zero attached hydrogens (tertiary/aromatic N) is 4. The lowest BCUT2D eigenvalue weighted by Crippen LogP contribution is -2.50. The molecule has 0 radical (unpaired) electrons. The van der Waals surface area contributed by atoms with E-state index in [0.29, 0.717) is 11.0 Å². The summed E-state index contributed by atoms with van der Waals surface area (Å²) >= 11 is 1.39. The van der Waals surface area contributed by atoms with E-state index >= 15 is 0 Å². The number of hydrogen-bond acceptors (Lipinski definition) is 6. The van der Waals surface area contributed by atoms with Crippen molar-refractivity contribution in [2.45, 2.75) is 24.3 Å². The van der Waals surface area contributed by atoms with Gasteiger partial charge < -0.3 is 14.5 Å². The maximum Gasteiger partial charge on any atom is 0.235 e. The second-order valence-electron chi connectivity index (χ2n) is 6.21. The molecule has 1 aliphatic rings. The Morgan fingerprint density at radius 3 is 2.58 bits per heavy atom. The Bertz CT molecular complexity index is 725. The van der Waals surface area contributed by atoms with Gasteiger partial charge in [0.05, 0.1) is 12.4 Å². The quantitative estimate of drug-likeness (QED) is 0.780. The van der Waals surface area contributed by atoms with Crippen LogP contribution in [0.5, 0.6) is 5.75 Å². The number of hydrogen-bond donors (Lipinski definition) is 1. The lowest BCUT2D eigenvalue weighted by atomic mass is 10.2. The first-order chi connectivity index (χ1) is 12.6. The summed E-state index contributed by atoms with van der Waals surface area (Å²) < 4.78 is 5.17. The zero-order valence-corrected chi connectivity index (χ0v) is 16.3. The SMILES string of the molecule is CCN1CCN(C(=O)[C@@H](C)Sc2n[nH]c(-c3ccc(OC)cc3)n2)CC1. The average molecular weight is 375 g/mol. The number of piperazine rings is 1. The molecular formula is C18H25N5O2S. The lowest BCUT2D eigenvalue weighted by molar-refractivity contribution is -0.132. The molecule has 0 bridgehead atoms. The van der Waals surface area contributed by atoms with Gasteiger partial charge >= 0.3 is 0 Å². The van der Waals surface area contributed by atoms with E-state index in [1.165, 1.54) is 11.8 Å². The number of likely N-dealkylation sites (N-methyl/N-ethyl adjacent to an activating group) is 1. The van der Waals surface area contributed by atoms with Crippen LogP contribution in [0.3, 0.4) is 0 Å². The van der Waals surface area contributed by atoms with Crippen molar-refractivity contribution in [3.63, 3.8) is 0 Å². The molecular weight excluding hydrogens is 350 g/mol. The third kappa shape index (κ3) is 4.37. The molecule has 0 saturated carbocycles. The summed E-state index contributed by atoms with van der Waals surface area (Å²) in [7, 11) is 1.64. The minimum absolute atomic E-state index is 0.154. The van der Waals surface area contributed by atoms with Gasteiger partial charge in [0, 0.05) is 31.7 Å². The van der Waals surface area contributed by atoms with Crippen molar-refractivity contribution in [1.82, 2.24) is 25.0 Å². The topological polar surface area (TPSA) is 74.3 Å². The number of carbonyl (C=O) groups excluding carboxylic acids is 1. The zero-order valence-electron chi connectivity index (χ0n) is 15.4. The molecule has 1 fully saturated rings. The molecule has 1 saturated heterocycles. The van der Waals surface area contributed by atoms with Crippen LogP contribution in [0, 0.1) is 0 Å². The van der Waals surface area contributed by atoms with Crippen LogP contribution < -0.4 is 4.74 Å². The van der Waals surface area contributed by atoms with E-state index in [0.717, 1.165) is 44.0 Å². The van der Waals surface area contributed by atoms with Crippen LogP contribution in [-0.4, -0.2) is 76.0 Å². The number of aromatic amines is 1.